The molecule has 0 radical (unpaired) electrons. The van der Waals surface area contributed by atoms with Gasteiger partial charge in [-0.3, -0.25) is 10.2 Å². The van der Waals surface area contributed by atoms with Crippen LogP contribution < -0.4 is 10.2 Å². The predicted octanol–water partition coefficient (Wildman–Crippen LogP) is 6.90. The summed E-state index contributed by atoms with van der Waals surface area (Å²) in [4.78, 5) is 19.9. The number of halogens is 3. The standard InChI is InChI=1S/C27H23F3N6O3S.C2H6/c1-17-4-3-5-18(2)24(17)33-26(40-15-23(37)38)34-32-14-19-6-8-20(9-7-19)25-31-16-36(35-25)21-10-12-22(13-11-21)39-27(28,29)30;1-2/h3-14,16H,15H2,1-2H3,(H,33,34)(H,37,38);1-2H3/b32-14+;. The first kappa shape index (κ1) is 31.9. The van der Waals surface area contributed by atoms with Gasteiger partial charge in [0.1, 0.15) is 12.1 Å². The maximum atomic E-state index is 12.4. The Morgan fingerprint density at radius 1 is 1.05 bits per heavy atom. The SMILES string of the molecule is CC.Cc1cccc(C)c1N=C(N/N=C/c1ccc(-c2ncn(-c3ccc(OC(F)(F)F)cc3)n2)cc1)SCC(=O)O. The number of thioether (sulfide) groups is 1. The number of ether oxygens (including phenoxy) is 1. The zero-order valence-corrected chi connectivity index (χ0v) is 24.1. The fraction of sp³-hybridized carbons (Fsp3) is 0.207. The van der Waals surface area contributed by atoms with E-state index in [0.717, 1.165) is 39.7 Å². The smallest absolute Gasteiger partial charge is 0.481 e. The van der Waals surface area contributed by atoms with Crippen LogP contribution in [-0.2, 0) is 4.79 Å². The number of carboxylic acids is 1. The van der Waals surface area contributed by atoms with Gasteiger partial charge in [-0.25, -0.2) is 14.7 Å². The molecule has 0 spiro atoms. The molecule has 0 fully saturated rings. The summed E-state index contributed by atoms with van der Waals surface area (Å²) in [7, 11) is 0. The molecule has 42 heavy (non-hydrogen) atoms. The minimum Gasteiger partial charge on any atom is -0.481 e. The van der Waals surface area contributed by atoms with Crippen LogP contribution >= 0.6 is 11.8 Å². The lowest BCUT2D eigenvalue weighted by atomic mass is 10.1. The van der Waals surface area contributed by atoms with Crippen molar-refractivity contribution >= 4 is 34.8 Å². The van der Waals surface area contributed by atoms with E-state index in [1.165, 1.54) is 35.3 Å². The number of aryl methyl sites for hydroxylation is 2. The molecule has 0 saturated carbocycles. The van der Waals surface area contributed by atoms with Crippen LogP contribution in [0.5, 0.6) is 5.75 Å². The Morgan fingerprint density at radius 3 is 2.29 bits per heavy atom. The maximum absolute atomic E-state index is 12.4. The summed E-state index contributed by atoms with van der Waals surface area (Å²) in [6.45, 7) is 7.86. The number of amidine groups is 1. The van der Waals surface area contributed by atoms with E-state index in [9.17, 15) is 18.0 Å². The highest BCUT2D eigenvalue weighted by atomic mass is 32.2. The number of hydrogen-bond donors (Lipinski definition) is 2. The van der Waals surface area contributed by atoms with E-state index in [1.807, 2.05) is 45.9 Å². The van der Waals surface area contributed by atoms with Crippen molar-refractivity contribution in [2.45, 2.75) is 34.1 Å². The lowest BCUT2D eigenvalue weighted by molar-refractivity contribution is -0.274. The Bertz CT molecular complexity index is 1520. The van der Waals surface area contributed by atoms with Crippen LogP contribution in [0.2, 0.25) is 0 Å². The second kappa shape index (κ2) is 14.8. The number of benzene rings is 3. The topological polar surface area (TPSA) is 114 Å². The highest BCUT2D eigenvalue weighted by Gasteiger charge is 2.31. The molecule has 13 heteroatoms. The van der Waals surface area contributed by atoms with Crippen molar-refractivity contribution < 1.29 is 27.8 Å². The number of nitrogens with zero attached hydrogens (tertiary/aromatic N) is 5. The minimum atomic E-state index is -4.76. The van der Waals surface area contributed by atoms with E-state index >= 15 is 0 Å². The molecular formula is C29H29F3N6O3S. The molecule has 2 N–H and O–H groups in total. The Balaban J connectivity index is 0.00000237. The number of aliphatic carboxylic acids is 1. The van der Waals surface area contributed by atoms with Crippen molar-refractivity contribution in [3.63, 3.8) is 0 Å². The number of aromatic nitrogens is 3. The number of rotatable bonds is 8. The molecule has 4 rings (SSSR count). The molecule has 0 saturated heterocycles. The molecule has 0 aliphatic heterocycles. The van der Waals surface area contributed by atoms with Crippen LogP contribution in [0.3, 0.4) is 0 Å². The van der Waals surface area contributed by atoms with Gasteiger partial charge in [0, 0.05) is 5.56 Å². The van der Waals surface area contributed by atoms with Crippen LogP contribution in [0.25, 0.3) is 17.1 Å². The molecular weight excluding hydrogens is 569 g/mol. The van der Waals surface area contributed by atoms with Crippen LogP contribution in [0.1, 0.15) is 30.5 Å². The van der Waals surface area contributed by atoms with Crippen molar-refractivity contribution in [1.82, 2.24) is 20.2 Å². The Morgan fingerprint density at radius 2 is 1.69 bits per heavy atom. The molecule has 3 aromatic carbocycles. The number of nitrogens with one attached hydrogen (secondary N) is 1. The van der Waals surface area contributed by atoms with Gasteiger partial charge in [0.05, 0.1) is 23.3 Å². The molecule has 0 atom stereocenters. The van der Waals surface area contributed by atoms with E-state index in [0.29, 0.717) is 16.7 Å². The van der Waals surface area contributed by atoms with Crippen molar-refractivity contribution in [1.29, 1.82) is 0 Å². The fourth-order valence-electron chi connectivity index (χ4n) is 3.50. The van der Waals surface area contributed by atoms with Gasteiger partial charge >= 0.3 is 12.3 Å². The first-order chi connectivity index (χ1) is 20.1. The quantitative estimate of drug-likeness (QED) is 0.129. The van der Waals surface area contributed by atoms with Crippen molar-refractivity contribution in [2.75, 3.05) is 5.75 Å². The van der Waals surface area contributed by atoms with Gasteiger partial charge in [-0.05, 0) is 54.8 Å². The average molecular weight is 599 g/mol. The first-order valence-electron chi connectivity index (χ1n) is 12.7. The molecule has 0 aliphatic rings. The van der Waals surface area contributed by atoms with Crippen LogP contribution in [0, 0.1) is 13.8 Å². The lowest BCUT2D eigenvalue weighted by Crippen LogP contribution is -2.17. The molecule has 0 aliphatic carbocycles. The Kier molecular flexibility index (Phi) is 11.3. The van der Waals surface area contributed by atoms with Crippen molar-refractivity contribution in [3.05, 3.63) is 89.7 Å². The lowest BCUT2D eigenvalue weighted by Gasteiger charge is -2.09. The monoisotopic (exact) mass is 598 g/mol. The van der Waals surface area contributed by atoms with E-state index in [4.69, 9.17) is 5.11 Å². The summed E-state index contributed by atoms with van der Waals surface area (Å²) in [6.07, 6.45) is -1.73. The summed E-state index contributed by atoms with van der Waals surface area (Å²) in [6, 6.07) is 18.3. The van der Waals surface area contributed by atoms with E-state index in [-0.39, 0.29) is 11.5 Å². The summed E-state index contributed by atoms with van der Waals surface area (Å²) >= 11 is 1.03. The highest BCUT2D eigenvalue weighted by Crippen LogP contribution is 2.25. The molecule has 0 amide bonds. The van der Waals surface area contributed by atoms with Crippen molar-refractivity contribution in [2.24, 2.45) is 10.1 Å². The number of carbonyl (C=O) groups is 1. The van der Waals surface area contributed by atoms with Gasteiger partial charge in [0.15, 0.2) is 11.0 Å². The third-order valence-corrected chi connectivity index (χ3v) is 6.20. The molecule has 9 nitrogen and oxygen atoms in total. The van der Waals surface area contributed by atoms with Crippen molar-refractivity contribution in [3.8, 4) is 22.8 Å². The van der Waals surface area contributed by atoms with E-state index in [2.05, 4.69) is 30.3 Å². The molecule has 1 aromatic heterocycles. The zero-order chi connectivity index (χ0) is 30.7. The zero-order valence-electron chi connectivity index (χ0n) is 23.3. The molecule has 0 unspecified atom stereocenters. The highest BCUT2D eigenvalue weighted by molar-refractivity contribution is 8.14. The Hall–Kier alpha value is -4.65. The number of alkyl halides is 3. The largest absolute Gasteiger partial charge is 0.573 e. The Labute approximate surface area is 245 Å². The van der Waals surface area contributed by atoms with Gasteiger partial charge in [-0.2, -0.15) is 5.10 Å². The minimum absolute atomic E-state index is 0.174. The number of para-hydroxylation sites is 1. The number of aliphatic imine (C=N–C) groups is 1. The fourth-order valence-corrected chi connectivity index (χ4v) is 4.04. The molecule has 1 heterocycles. The first-order valence-corrected chi connectivity index (χ1v) is 13.7. The molecule has 0 bridgehead atoms. The number of carboxylic acid groups (broad SMARTS) is 1. The molecule has 220 valence electrons. The second-order valence-electron chi connectivity index (χ2n) is 8.39. The molecule has 4 aromatic rings. The van der Waals surface area contributed by atoms with Gasteiger partial charge in [0.2, 0.25) is 0 Å². The average Bonchev–Trinajstić information content (AvgIpc) is 3.45. The van der Waals surface area contributed by atoms with Gasteiger partial charge in [-0.15, -0.1) is 18.3 Å². The van der Waals surface area contributed by atoms with Gasteiger partial charge in [-0.1, -0.05) is 68.1 Å². The normalized spacial score (nSPS) is 11.6. The summed E-state index contributed by atoms with van der Waals surface area (Å²) < 4.78 is 42.4. The van der Waals surface area contributed by atoms with Gasteiger partial charge < -0.3 is 9.84 Å². The maximum Gasteiger partial charge on any atom is 0.573 e. The van der Waals surface area contributed by atoms with E-state index < -0.39 is 12.3 Å². The van der Waals surface area contributed by atoms with Crippen LogP contribution in [0.4, 0.5) is 18.9 Å². The van der Waals surface area contributed by atoms with Crippen LogP contribution in [-0.4, -0.2) is 49.3 Å². The predicted molar refractivity (Wildman–Crippen MR) is 159 cm³/mol. The summed E-state index contributed by atoms with van der Waals surface area (Å²) in [5, 5.41) is 18.0. The van der Waals surface area contributed by atoms with Crippen LogP contribution in [0.15, 0.2) is 83.2 Å². The number of hydrogen-bond acceptors (Lipinski definition) is 7. The summed E-state index contributed by atoms with van der Waals surface area (Å²) in [5.41, 5.74) is 7.48. The van der Waals surface area contributed by atoms with E-state index in [1.54, 1.807) is 30.5 Å². The van der Waals surface area contributed by atoms with Gasteiger partial charge in [0.25, 0.3) is 0 Å². The number of hydrazone groups is 1. The second-order valence-corrected chi connectivity index (χ2v) is 9.35. The third-order valence-electron chi connectivity index (χ3n) is 5.35. The third kappa shape index (κ3) is 9.47. The summed E-state index contributed by atoms with van der Waals surface area (Å²) in [5.74, 6) is -1.05.